The highest BCUT2D eigenvalue weighted by Gasteiger charge is 2.29. The van der Waals surface area contributed by atoms with E-state index >= 15 is 0 Å². The SMILES string of the molecule is Cc1cc(OCc2c(F)cccc2F)c2nc(C)c(C(=O)NC(CN)C3=CC4OCCOC4C=C3)n2c1. The van der Waals surface area contributed by atoms with E-state index in [1.807, 2.05) is 25.2 Å². The largest absolute Gasteiger partial charge is 0.485 e. The molecule has 3 unspecified atom stereocenters. The van der Waals surface area contributed by atoms with E-state index in [9.17, 15) is 13.6 Å². The van der Waals surface area contributed by atoms with E-state index in [-0.39, 0.29) is 36.8 Å². The van der Waals surface area contributed by atoms with Crippen molar-refractivity contribution in [2.45, 2.75) is 38.7 Å². The molecule has 0 radical (unpaired) electrons. The molecule has 3 heterocycles. The van der Waals surface area contributed by atoms with E-state index in [0.717, 1.165) is 11.1 Å². The third-order valence-corrected chi connectivity index (χ3v) is 6.45. The summed E-state index contributed by atoms with van der Waals surface area (Å²) in [5, 5.41) is 3.00. The summed E-state index contributed by atoms with van der Waals surface area (Å²) < 4.78 is 47.1. The van der Waals surface area contributed by atoms with Crippen LogP contribution >= 0.6 is 0 Å². The molecule has 1 aliphatic carbocycles. The van der Waals surface area contributed by atoms with Gasteiger partial charge in [0.1, 0.15) is 36.1 Å². The first-order valence-electron chi connectivity index (χ1n) is 12.0. The van der Waals surface area contributed by atoms with E-state index in [4.69, 9.17) is 19.9 Å². The van der Waals surface area contributed by atoms with Crippen molar-refractivity contribution >= 4 is 11.6 Å². The number of aryl methyl sites for hydroxylation is 2. The zero-order valence-electron chi connectivity index (χ0n) is 20.5. The molecule has 1 aliphatic heterocycles. The summed E-state index contributed by atoms with van der Waals surface area (Å²) in [7, 11) is 0. The minimum atomic E-state index is -0.696. The van der Waals surface area contributed by atoms with Gasteiger partial charge in [0.25, 0.3) is 5.91 Å². The molecular formula is C27H28F2N4O4. The Morgan fingerprint density at radius 2 is 1.97 bits per heavy atom. The molecule has 37 heavy (non-hydrogen) atoms. The lowest BCUT2D eigenvalue weighted by atomic mass is 9.96. The number of nitrogens with zero attached hydrogens (tertiary/aromatic N) is 2. The fourth-order valence-corrected chi connectivity index (χ4v) is 4.61. The highest BCUT2D eigenvalue weighted by atomic mass is 19.1. The molecule has 194 valence electrons. The van der Waals surface area contributed by atoms with Crippen LogP contribution in [0.2, 0.25) is 0 Å². The maximum atomic E-state index is 14.1. The van der Waals surface area contributed by atoms with Gasteiger partial charge in [-0.2, -0.15) is 0 Å². The normalized spacial score (nSPS) is 19.9. The van der Waals surface area contributed by atoms with Crippen molar-refractivity contribution in [3.63, 3.8) is 0 Å². The lowest BCUT2D eigenvalue weighted by Crippen LogP contribution is -2.44. The van der Waals surface area contributed by atoms with Gasteiger partial charge in [0.15, 0.2) is 11.4 Å². The second-order valence-electron chi connectivity index (χ2n) is 9.07. The molecule has 1 amide bonds. The smallest absolute Gasteiger partial charge is 0.270 e. The van der Waals surface area contributed by atoms with E-state index < -0.39 is 17.7 Å². The quantitative estimate of drug-likeness (QED) is 0.507. The number of carbonyl (C=O) groups is 1. The number of rotatable bonds is 7. The Bertz CT molecular complexity index is 1380. The number of imidazole rings is 1. The monoisotopic (exact) mass is 510 g/mol. The van der Waals surface area contributed by atoms with Crippen LogP contribution in [-0.4, -0.2) is 53.3 Å². The van der Waals surface area contributed by atoms with Gasteiger partial charge in [0.2, 0.25) is 0 Å². The standard InChI is InChI=1S/C27H28F2N4O4/c1-15-10-24(37-14-18-19(28)4-3-5-20(18)29)26-31-16(2)25(33(26)13-15)27(34)32-21(12-30)17-6-7-22-23(11-17)36-9-8-35-22/h3-7,10-11,13,21-23H,8-9,12,14,30H2,1-2H3,(H,32,34). The third-order valence-electron chi connectivity index (χ3n) is 6.45. The Labute approximate surface area is 212 Å². The predicted molar refractivity (Wildman–Crippen MR) is 132 cm³/mol. The van der Waals surface area contributed by atoms with Crippen molar-refractivity contribution < 1.29 is 27.8 Å². The number of amides is 1. The molecule has 1 fully saturated rings. The molecule has 0 bridgehead atoms. The maximum Gasteiger partial charge on any atom is 0.270 e. The highest BCUT2D eigenvalue weighted by molar-refractivity contribution is 5.95. The van der Waals surface area contributed by atoms with E-state index in [1.54, 1.807) is 23.6 Å². The Morgan fingerprint density at radius 1 is 1.24 bits per heavy atom. The van der Waals surface area contributed by atoms with Crippen LogP contribution in [0.1, 0.15) is 27.3 Å². The number of nitrogens with one attached hydrogen (secondary N) is 1. The van der Waals surface area contributed by atoms with Gasteiger partial charge in [-0.05, 0) is 49.3 Å². The molecule has 1 aromatic carbocycles. The topological polar surface area (TPSA) is 100 Å². The third kappa shape index (κ3) is 5.00. The van der Waals surface area contributed by atoms with Crippen LogP contribution in [0.25, 0.3) is 5.65 Å². The van der Waals surface area contributed by atoms with Crippen molar-refractivity contribution in [1.82, 2.24) is 14.7 Å². The van der Waals surface area contributed by atoms with Gasteiger partial charge in [0, 0.05) is 12.7 Å². The average Bonchev–Trinajstić information content (AvgIpc) is 3.22. The zero-order chi connectivity index (χ0) is 26.1. The number of aromatic nitrogens is 2. The summed E-state index contributed by atoms with van der Waals surface area (Å²) in [6.07, 6.45) is 7.13. The summed E-state index contributed by atoms with van der Waals surface area (Å²) in [5.41, 5.74) is 8.60. The molecular weight excluding hydrogens is 482 g/mol. The molecule has 3 atom stereocenters. The van der Waals surface area contributed by atoms with Crippen LogP contribution < -0.4 is 15.8 Å². The molecule has 2 aromatic heterocycles. The molecule has 10 heteroatoms. The zero-order valence-corrected chi connectivity index (χ0v) is 20.5. The number of hydrogen-bond acceptors (Lipinski definition) is 6. The van der Waals surface area contributed by atoms with Gasteiger partial charge in [-0.15, -0.1) is 0 Å². The Kier molecular flexibility index (Phi) is 7.05. The number of ether oxygens (including phenoxy) is 3. The highest BCUT2D eigenvalue weighted by Crippen LogP contribution is 2.27. The number of pyridine rings is 1. The molecule has 1 saturated heterocycles. The van der Waals surface area contributed by atoms with Crippen molar-refractivity contribution in [2.75, 3.05) is 19.8 Å². The van der Waals surface area contributed by atoms with Crippen LogP contribution in [0.5, 0.6) is 5.75 Å². The summed E-state index contributed by atoms with van der Waals surface area (Å²) >= 11 is 0. The number of fused-ring (bicyclic) bond motifs is 2. The predicted octanol–water partition coefficient (Wildman–Crippen LogP) is 3.15. The first kappa shape index (κ1) is 25.1. The summed E-state index contributed by atoms with van der Waals surface area (Å²) in [6, 6.07) is 4.90. The lowest BCUT2D eigenvalue weighted by molar-refractivity contribution is -0.102. The fourth-order valence-electron chi connectivity index (χ4n) is 4.61. The van der Waals surface area contributed by atoms with Crippen LogP contribution in [0, 0.1) is 25.5 Å². The van der Waals surface area contributed by atoms with Crippen LogP contribution in [0.3, 0.4) is 0 Å². The van der Waals surface area contributed by atoms with Crippen molar-refractivity contribution in [2.24, 2.45) is 5.73 Å². The van der Waals surface area contributed by atoms with Gasteiger partial charge in [-0.3, -0.25) is 9.20 Å². The van der Waals surface area contributed by atoms with Crippen LogP contribution in [0.4, 0.5) is 8.78 Å². The second-order valence-corrected chi connectivity index (χ2v) is 9.07. The van der Waals surface area contributed by atoms with E-state index in [0.29, 0.717) is 36.0 Å². The van der Waals surface area contributed by atoms with Gasteiger partial charge < -0.3 is 25.3 Å². The van der Waals surface area contributed by atoms with Gasteiger partial charge in [-0.25, -0.2) is 13.8 Å². The lowest BCUT2D eigenvalue weighted by Gasteiger charge is -2.32. The number of benzene rings is 1. The minimum Gasteiger partial charge on any atom is -0.485 e. The van der Waals surface area contributed by atoms with E-state index in [1.165, 1.54) is 18.2 Å². The Morgan fingerprint density at radius 3 is 2.70 bits per heavy atom. The average molecular weight is 511 g/mol. The number of halogens is 2. The van der Waals surface area contributed by atoms with Crippen LogP contribution in [-0.2, 0) is 16.1 Å². The van der Waals surface area contributed by atoms with Gasteiger partial charge >= 0.3 is 0 Å². The molecule has 0 saturated carbocycles. The van der Waals surface area contributed by atoms with Gasteiger partial charge in [-0.1, -0.05) is 18.2 Å². The van der Waals surface area contributed by atoms with Crippen molar-refractivity contribution in [3.05, 3.63) is 88.4 Å². The number of nitrogens with two attached hydrogens (primary N) is 1. The number of carbonyl (C=O) groups excluding carboxylic acids is 1. The maximum absolute atomic E-state index is 14.1. The molecule has 3 aromatic rings. The van der Waals surface area contributed by atoms with Crippen molar-refractivity contribution in [3.8, 4) is 5.75 Å². The molecule has 2 aliphatic rings. The summed E-state index contributed by atoms with van der Waals surface area (Å²) in [5.74, 6) is -1.45. The minimum absolute atomic E-state index is 0.146. The van der Waals surface area contributed by atoms with Gasteiger partial charge in [0.05, 0.1) is 30.5 Å². The van der Waals surface area contributed by atoms with E-state index in [2.05, 4.69) is 10.3 Å². The first-order chi connectivity index (χ1) is 17.9. The Balaban J connectivity index is 1.40. The molecule has 0 spiro atoms. The second kappa shape index (κ2) is 10.4. The number of hydrogen-bond donors (Lipinski definition) is 2. The fraction of sp³-hybridized carbons (Fsp3) is 0.333. The molecule has 5 rings (SSSR count). The summed E-state index contributed by atoms with van der Waals surface area (Å²) in [4.78, 5) is 18.0. The first-order valence-corrected chi connectivity index (χ1v) is 12.0. The van der Waals surface area contributed by atoms with Crippen molar-refractivity contribution in [1.29, 1.82) is 0 Å². The van der Waals surface area contributed by atoms with Crippen LogP contribution in [0.15, 0.2) is 54.3 Å². The molecule has 3 N–H and O–H groups in total. The molecule has 8 nitrogen and oxygen atoms in total. The Hall–Kier alpha value is -3.60. The summed E-state index contributed by atoms with van der Waals surface area (Å²) in [6.45, 7) is 4.45.